The molecule has 2 rings (SSSR count). The van der Waals surface area contributed by atoms with Crippen LogP contribution in [-0.4, -0.2) is 34.8 Å². The molecule has 0 amide bonds. The molecule has 152 valence electrons. The summed E-state index contributed by atoms with van der Waals surface area (Å²) in [5.74, 6) is -1.95. The van der Waals surface area contributed by atoms with Crippen molar-refractivity contribution >= 4 is 17.7 Å². The Bertz CT molecular complexity index is 778. The molecule has 0 aliphatic carbocycles. The number of hydrogen-bond donors (Lipinski definition) is 2. The molecule has 28 heavy (non-hydrogen) atoms. The van der Waals surface area contributed by atoms with E-state index in [1.807, 2.05) is 37.3 Å². The lowest BCUT2D eigenvalue weighted by atomic mass is 9.92. The van der Waals surface area contributed by atoms with Crippen LogP contribution in [-0.2, 0) is 4.79 Å². The Morgan fingerprint density at radius 3 is 2.32 bits per heavy atom. The first-order valence-electron chi connectivity index (χ1n) is 8.98. The Morgan fingerprint density at radius 1 is 1.07 bits per heavy atom. The quantitative estimate of drug-likeness (QED) is 0.555. The van der Waals surface area contributed by atoms with Gasteiger partial charge in [0.05, 0.1) is 5.92 Å². The van der Waals surface area contributed by atoms with Gasteiger partial charge in [-0.25, -0.2) is 0 Å². The number of thioether (sulfide) groups is 1. The minimum atomic E-state index is -4.34. The second-order valence-electron chi connectivity index (χ2n) is 6.72. The molecular weight excluding hydrogens is 387 g/mol. The van der Waals surface area contributed by atoms with Gasteiger partial charge in [0.1, 0.15) is 6.04 Å². The molecule has 2 aromatic rings. The largest absolute Gasteiger partial charge is 0.480 e. The van der Waals surface area contributed by atoms with E-state index in [4.69, 9.17) is 10.8 Å². The van der Waals surface area contributed by atoms with Crippen molar-refractivity contribution in [3.8, 4) is 11.1 Å². The highest BCUT2D eigenvalue weighted by atomic mass is 32.2. The normalized spacial score (nSPS) is 13.9. The highest BCUT2D eigenvalue weighted by Gasteiger charge is 2.40. The van der Waals surface area contributed by atoms with Gasteiger partial charge in [-0.3, -0.25) is 4.79 Å². The van der Waals surface area contributed by atoms with E-state index in [1.54, 1.807) is 12.1 Å². The van der Waals surface area contributed by atoms with Crippen molar-refractivity contribution in [2.24, 2.45) is 5.73 Å². The second kappa shape index (κ2) is 9.98. The number of aliphatic carboxylic acids is 1. The molecule has 0 spiro atoms. The van der Waals surface area contributed by atoms with Crippen molar-refractivity contribution in [3.63, 3.8) is 0 Å². The van der Waals surface area contributed by atoms with E-state index in [9.17, 15) is 18.0 Å². The van der Waals surface area contributed by atoms with Gasteiger partial charge in [0.15, 0.2) is 0 Å². The summed E-state index contributed by atoms with van der Waals surface area (Å²) in [4.78, 5) is 10.7. The first-order valence-corrected chi connectivity index (χ1v) is 10.1. The molecule has 0 aromatic heterocycles. The number of aryl methyl sites for hydroxylation is 1. The predicted molar refractivity (Wildman–Crippen MR) is 108 cm³/mol. The van der Waals surface area contributed by atoms with Gasteiger partial charge in [-0.2, -0.15) is 24.9 Å². The molecule has 0 aliphatic rings. The number of rotatable bonds is 9. The summed E-state index contributed by atoms with van der Waals surface area (Å²) < 4.78 is 40.9. The van der Waals surface area contributed by atoms with Crippen molar-refractivity contribution in [2.45, 2.75) is 37.9 Å². The number of nitrogens with two attached hydrogens (primary N) is 1. The summed E-state index contributed by atoms with van der Waals surface area (Å²) in [6, 6.07) is 13.3. The van der Waals surface area contributed by atoms with Crippen LogP contribution in [0, 0.1) is 6.92 Å². The molecule has 3 N–H and O–H groups in total. The standard InChI is InChI=1S/C21H24F3NO2S/c1-14-5-7-15(8-6-14)16-3-2-4-17(13-16)18(21(22,23)24)9-11-28-12-10-19(25)20(26)27/h2-8,13,18-19H,9-12,25H2,1H3,(H,26,27). The first kappa shape index (κ1) is 22.3. The number of benzene rings is 2. The van der Waals surface area contributed by atoms with Crippen LogP contribution in [0.1, 0.15) is 29.9 Å². The average Bonchev–Trinajstić information content (AvgIpc) is 2.64. The van der Waals surface area contributed by atoms with Crippen molar-refractivity contribution in [3.05, 3.63) is 59.7 Å². The summed E-state index contributed by atoms with van der Waals surface area (Å²) in [7, 11) is 0. The average molecular weight is 411 g/mol. The number of hydrogen-bond acceptors (Lipinski definition) is 3. The van der Waals surface area contributed by atoms with Gasteiger partial charge in [0, 0.05) is 0 Å². The minimum Gasteiger partial charge on any atom is -0.480 e. The van der Waals surface area contributed by atoms with E-state index in [0.29, 0.717) is 5.75 Å². The van der Waals surface area contributed by atoms with E-state index in [1.165, 1.54) is 17.8 Å². The van der Waals surface area contributed by atoms with Crippen LogP contribution in [0.3, 0.4) is 0 Å². The highest BCUT2D eigenvalue weighted by Crippen LogP contribution is 2.39. The van der Waals surface area contributed by atoms with Crippen molar-refractivity contribution in [1.82, 2.24) is 0 Å². The molecule has 7 heteroatoms. The Morgan fingerprint density at radius 2 is 1.71 bits per heavy atom. The van der Waals surface area contributed by atoms with E-state index in [0.717, 1.165) is 16.7 Å². The van der Waals surface area contributed by atoms with E-state index in [2.05, 4.69) is 0 Å². The van der Waals surface area contributed by atoms with Crippen molar-refractivity contribution in [2.75, 3.05) is 11.5 Å². The third-order valence-electron chi connectivity index (χ3n) is 4.51. The van der Waals surface area contributed by atoms with Gasteiger partial charge in [-0.15, -0.1) is 0 Å². The number of carboxylic acids is 1. The fourth-order valence-electron chi connectivity index (χ4n) is 2.84. The molecule has 0 radical (unpaired) electrons. The van der Waals surface area contributed by atoms with Crippen LogP contribution in [0.4, 0.5) is 13.2 Å². The molecule has 0 bridgehead atoms. The predicted octanol–water partition coefficient (Wildman–Crippen LogP) is 5.23. The molecule has 0 aliphatic heterocycles. The molecule has 0 saturated heterocycles. The van der Waals surface area contributed by atoms with Crippen LogP contribution in [0.15, 0.2) is 48.5 Å². The summed E-state index contributed by atoms with van der Waals surface area (Å²) in [5, 5.41) is 8.73. The summed E-state index contributed by atoms with van der Waals surface area (Å²) in [6.07, 6.45) is -4.17. The van der Waals surface area contributed by atoms with Gasteiger partial charge < -0.3 is 10.8 Å². The topological polar surface area (TPSA) is 63.3 Å². The Kier molecular flexibility index (Phi) is 7.95. The van der Waals surface area contributed by atoms with Gasteiger partial charge in [-0.05, 0) is 48.0 Å². The fraction of sp³-hybridized carbons (Fsp3) is 0.381. The van der Waals surface area contributed by atoms with Crippen LogP contribution in [0.25, 0.3) is 11.1 Å². The molecule has 0 heterocycles. The molecule has 0 saturated carbocycles. The zero-order valence-corrected chi connectivity index (χ0v) is 16.4. The Labute approximate surface area is 167 Å². The van der Waals surface area contributed by atoms with Gasteiger partial charge >= 0.3 is 12.1 Å². The molecule has 3 nitrogen and oxygen atoms in total. The minimum absolute atomic E-state index is 0.0617. The maximum atomic E-state index is 13.6. The number of alkyl halides is 3. The molecule has 2 atom stereocenters. The molecule has 0 fully saturated rings. The number of carboxylic acid groups (broad SMARTS) is 1. The summed E-state index contributed by atoms with van der Waals surface area (Å²) in [5.41, 5.74) is 8.38. The summed E-state index contributed by atoms with van der Waals surface area (Å²) >= 11 is 1.30. The third-order valence-corrected chi connectivity index (χ3v) is 5.56. The molecule has 2 unspecified atom stereocenters. The summed E-state index contributed by atoms with van der Waals surface area (Å²) in [6.45, 7) is 1.96. The number of halogens is 3. The SMILES string of the molecule is Cc1ccc(-c2cccc(C(CCSCCC(N)C(=O)O)C(F)(F)F)c2)cc1. The smallest absolute Gasteiger partial charge is 0.395 e. The van der Waals surface area contributed by atoms with E-state index < -0.39 is 24.1 Å². The van der Waals surface area contributed by atoms with Crippen molar-refractivity contribution < 1.29 is 23.1 Å². The lowest BCUT2D eigenvalue weighted by molar-refractivity contribution is -0.150. The van der Waals surface area contributed by atoms with Crippen LogP contribution in [0.2, 0.25) is 0 Å². The van der Waals surface area contributed by atoms with Crippen molar-refractivity contribution in [1.29, 1.82) is 0 Å². The Hall–Kier alpha value is -1.99. The lowest BCUT2D eigenvalue weighted by Gasteiger charge is -2.21. The Balaban J connectivity index is 2.06. The molecule has 2 aromatic carbocycles. The highest BCUT2D eigenvalue weighted by molar-refractivity contribution is 7.99. The first-order chi connectivity index (χ1) is 13.2. The fourth-order valence-corrected chi connectivity index (χ4v) is 3.86. The van der Waals surface area contributed by atoms with Crippen LogP contribution >= 0.6 is 11.8 Å². The van der Waals surface area contributed by atoms with E-state index in [-0.39, 0.29) is 24.2 Å². The van der Waals surface area contributed by atoms with Gasteiger partial charge in [0.25, 0.3) is 0 Å². The maximum Gasteiger partial charge on any atom is 0.395 e. The van der Waals surface area contributed by atoms with Crippen LogP contribution in [0.5, 0.6) is 0 Å². The monoisotopic (exact) mass is 411 g/mol. The zero-order chi connectivity index (χ0) is 20.7. The van der Waals surface area contributed by atoms with Gasteiger partial charge in [-0.1, -0.05) is 54.1 Å². The van der Waals surface area contributed by atoms with Crippen LogP contribution < -0.4 is 5.73 Å². The third kappa shape index (κ3) is 6.56. The number of carbonyl (C=O) groups is 1. The van der Waals surface area contributed by atoms with Gasteiger partial charge in [0.2, 0.25) is 0 Å². The lowest BCUT2D eigenvalue weighted by Crippen LogP contribution is -2.30. The molecular formula is C21H24F3NO2S. The zero-order valence-electron chi connectivity index (χ0n) is 15.6. The second-order valence-corrected chi connectivity index (χ2v) is 7.94. The van der Waals surface area contributed by atoms with E-state index >= 15 is 0 Å². The maximum absolute atomic E-state index is 13.6.